The SMILES string of the molecule is O=C(O)c1ccc([S])cc1. The first-order valence-electron chi connectivity index (χ1n) is 2.70. The van der Waals surface area contributed by atoms with E-state index in [1.54, 1.807) is 12.1 Å². The summed E-state index contributed by atoms with van der Waals surface area (Å²) in [5.74, 6) is -0.921. The third-order valence-corrected chi connectivity index (χ3v) is 1.37. The Morgan fingerprint density at radius 2 is 1.80 bits per heavy atom. The third-order valence-electron chi connectivity index (χ3n) is 1.10. The van der Waals surface area contributed by atoms with Gasteiger partial charge in [0.1, 0.15) is 0 Å². The fourth-order valence-electron chi connectivity index (χ4n) is 0.598. The van der Waals surface area contributed by atoms with Crippen molar-refractivity contribution in [2.45, 2.75) is 4.90 Å². The minimum absolute atomic E-state index is 0.272. The second-order valence-corrected chi connectivity index (χ2v) is 2.30. The van der Waals surface area contributed by atoms with Gasteiger partial charge in [-0.25, -0.2) is 4.79 Å². The molecule has 51 valence electrons. The average Bonchev–Trinajstić information content (AvgIpc) is 1.88. The number of carbonyl (C=O) groups is 1. The molecule has 0 saturated carbocycles. The predicted octanol–water partition coefficient (Wildman–Crippen LogP) is 1.94. The summed E-state index contributed by atoms with van der Waals surface area (Å²) < 4.78 is 0. The first-order chi connectivity index (χ1) is 4.70. The highest BCUT2D eigenvalue weighted by atomic mass is 32.1. The Balaban J connectivity index is 3.00. The van der Waals surface area contributed by atoms with Crippen molar-refractivity contribution in [3.63, 3.8) is 0 Å². The standard InChI is InChI=1S/C7H5O2S/c8-7(9)5-1-3-6(10)4-2-5/h1-4H,(H,8,9). The Morgan fingerprint density at radius 3 is 2.20 bits per heavy atom. The summed E-state index contributed by atoms with van der Waals surface area (Å²) in [6.45, 7) is 0. The molecule has 0 aromatic heterocycles. The van der Waals surface area contributed by atoms with Gasteiger partial charge in [0.2, 0.25) is 0 Å². The van der Waals surface area contributed by atoms with Gasteiger partial charge in [-0.3, -0.25) is 0 Å². The van der Waals surface area contributed by atoms with Gasteiger partial charge in [0.15, 0.2) is 0 Å². The summed E-state index contributed by atoms with van der Waals surface area (Å²) in [5, 5.41) is 8.44. The molecular formula is C7H5O2S. The molecule has 0 amide bonds. The van der Waals surface area contributed by atoms with Crippen LogP contribution in [0.5, 0.6) is 0 Å². The summed E-state index contributed by atoms with van der Waals surface area (Å²) in [4.78, 5) is 10.9. The molecule has 0 aliphatic heterocycles. The highest BCUT2D eigenvalue weighted by Gasteiger charge is 1.99. The van der Waals surface area contributed by atoms with E-state index in [1.807, 2.05) is 0 Å². The summed E-state index contributed by atoms with van der Waals surface area (Å²) >= 11 is 4.77. The van der Waals surface area contributed by atoms with E-state index < -0.39 is 5.97 Å². The van der Waals surface area contributed by atoms with Crippen molar-refractivity contribution in [1.29, 1.82) is 0 Å². The molecule has 0 heterocycles. The predicted molar refractivity (Wildman–Crippen MR) is 39.3 cm³/mol. The van der Waals surface area contributed by atoms with E-state index in [2.05, 4.69) is 0 Å². The second-order valence-electron chi connectivity index (χ2n) is 1.83. The molecule has 0 saturated heterocycles. The van der Waals surface area contributed by atoms with Crippen LogP contribution >= 0.6 is 12.6 Å². The quantitative estimate of drug-likeness (QED) is 0.669. The van der Waals surface area contributed by atoms with Crippen LogP contribution in [-0.4, -0.2) is 11.1 Å². The van der Waals surface area contributed by atoms with E-state index in [9.17, 15) is 4.79 Å². The zero-order valence-electron chi connectivity index (χ0n) is 5.07. The van der Waals surface area contributed by atoms with E-state index in [-0.39, 0.29) is 5.56 Å². The van der Waals surface area contributed by atoms with Crippen molar-refractivity contribution < 1.29 is 9.90 Å². The van der Waals surface area contributed by atoms with E-state index in [0.29, 0.717) is 4.90 Å². The van der Waals surface area contributed by atoms with Crippen LogP contribution in [0.15, 0.2) is 29.2 Å². The molecule has 1 rings (SSSR count). The first kappa shape index (κ1) is 7.02. The molecule has 0 spiro atoms. The van der Waals surface area contributed by atoms with Gasteiger partial charge in [-0.15, -0.1) is 0 Å². The molecule has 0 unspecified atom stereocenters. The third kappa shape index (κ3) is 1.45. The van der Waals surface area contributed by atoms with Gasteiger partial charge in [-0.1, -0.05) is 12.6 Å². The van der Waals surface area contributed by atoms with Crippen LogP contribution in [0.1, 0.15) is 10.4 Å². The maximum Gasteiger partial charge on any atom is 0.335 e. The lowest BCUT2D eigenvalue weighted by Gasteiger charge is -1.91. The molecule has 1 aromatic carbocycles. The van der Waals surface area contributed by atoms with Crippen LogP contribution in [0.4, 0.5) is 0 Å². The number of aromatic carboxylic acids is 1. The van der Waals surface area contributed by atoms with Gasteiger partial charge < -0.3 is 5.11 Å². The normalized spacial score (nSPS) is 9.20. The number of hydrogen-bond donors (Lipinski definition) is 1. The van der Waals surface area contributed by atoms with Gasteiger partial charge in [-0.05, 0) is 24.3 Å². The van der Waals surface area contributed by atoms with Gasteiger partial charge in [0.25, 0.3) is 0 Å². The van der Waals surface area contributed by atoms with Crippen LogP contribution in [0.3, 0.4) is 0 Å². The molecule has 0 aliphatic rings. The lowest BCUT2D eigenvalue weighted by Crippen LogP contribution is -1.94. The summed E-state index contributed by atoms with van der Waals surface area (Å²) in [6, 6.07) is 6.17. The fraction of sp³-hybridized carbons (Fsp3) is 0. The van der Waals surface area contributed by atoms with Crippen LogP contribution in [0.25, 0.3) is 0 Å². The Hall–Kier alpha value is -1.09. The van der Waals surface area contributed by atoms with Crippen LogP contribution in [-0.2, 0) is 0 Å². The summed E-state index contributed by atoms with van der Waals surface area (Å²) in [7, 11) is 0. The largest absolute Gasteiger partial charge is 0.478 e. The minimum Gasteiger partial charge on any atom is -0.478 e. The zero-order valence-corrected chi connectivity index (χ0v) is 5.89. The Morgan fingerprint density at radius 1 is 1.30 bits per heavy atom. The van der Waals surface area contributed by atoms with Crippen molar-refractivity contribution in [3.05, 3.63) is 29.8 Å². The monoisotopic (exact) mass is 153 g/mol. The lowest BCUT2D eigenvalue weighted by atomic mass is 10.2. The smallest absolute Gasteiger partial charge is 0.335 e. The van der Waals surface area contributed by atoms with Crippen molar-refractivity contribution in [1.82, 2.24) is 0 Å². The number of carboxylic acids is 1. The van der Waals surface area contributed by atoms with E-state index in [0.717, 1.165) is 0 Å². The maximum absolute atomic E-state index is 10.3. The van der Waals surface area contributed by atoms with Crippen molar-refractivity contribution >= 4 is 18.6 Å². The maximum atomic E-state index is 10.3. The van der Waals surface area contributed by atoms with E-state index in [1.165, 1.54) is 12.1 Å². The average molecular weight is 153 g/mol. The van der Waals surface area contributed by atoms with Crippen LogP contribution < -0.4 is 0 Å². The number of hydrogen-bond acceptors (Lipinski definition) is 1. The first-order valence-corrected chi connectivity index (χ1v) is 3.11. The molecule has 0 bridgehead atoms. The van der Waals surface area contributed by atoms with Gasteiger partial charge in [-0.2, -0.15) is 0 Å². The van der Waals surface area contributed by atoms with Gasteiger partial charge in [0, 0.05) is 4.90 Å². The van der Waals surface area contributed by atoms with E-state index in [4.69, 9.17) is 17.7 Å². The molecule has 1 aromatic rings. The van der Waals surface area contributed by atoms with Crippen LogP contribution in [0.2, 0.25) is 0 Å². The molecule has 10 heavy (non-hydrogen) atoms. The molecular weight excluding hydrogens is 148 g/mol. The number of rotatable bonds is 1. The Kier molecular flexibility index (Phi) is 1.87. The topological polar surface area (TPSA) is 37.3 Å². The van der Waals surface area contributed by atoms with Crippen molar-refractivity contribution in [3.8, 4) is 0 Å². The number of benzene rings is 1. The van der Waals surface area contributed by atoms with Gasteiger partial charge in [0.05, 0.1) is 5.56 Å². The molecule has 0 aliphatic carbocycles. The van der Waals surface area contributed by atoms with Crippen molar-refractivity contribution in [2.24, 2.45) is 0 Å². The molecule has 2 nitrogen and oxygen atoms in total. The highest BCUT2D eigenvalue weighted by Crippen LogP contribution is 2.06. The summed E-state index contributed by atoms with van der Waals surface area (Å²) in [5.41, 5.74) is 0.272. The zero-order chi connectivity index (χ0) is 7.56. The van der Waals surface area contributed by atoms with Crippen molar-refractivity contribution in [2.75, 3.05) is 0 Å². The Labute approximate surface area is 63.9 Å². The molecule has 3 heteroatoms. The van der Waals surface area contributed by atoms with Crippen LogP contribution in [0, 0.1) is 0 Å². The molecule has 1 radical (unpaired) electrons. The summed E-state index contributed by atoms with van der Waals surface area (Å²) in [6.07, 6.45) is 0. The molecule has 0 atom stereocenters. The number of carboxylic acid groups (broad SMARTS) is 1. The lowest BCUT2D eigenvalue weighted by molar-refractivity contribution is 0.0697. The molecule has 0 fully saturated rings. The molecule has 1 N–H and O–H groups in total. The second kappa shape index (κ2) is 2.66. The van der Waals surface area contributed by atoms with E-state index >= 15 is 0 Å². The minimum atomic E-state index is -0.921. The fourth-order valence-corrected chi connectivity index (χ4v) is 0.734. The highest BCUT2D eigenvalue weighted by molar-refractivity contribution is 7.80. The van der Waals surface area contributed by atoms with Gasteiger partial charge >= 0.3 is 5.97 Å². The Bertz CT molecular complexity index is 240.